The molecule has 0 fully saturated rings. The molecule has 18 heavy (non-hydrogen) atoms. The van der Waals surface area contributed by atoms with E-state index in [0.29, 0.717) is 12.2 Å². The van der Waals surface area contributed by atoms with Crippen LogP contribution in [0.15, 0.2) is 12.2 Å². The summed E-state index contributed by atoms with van der Waals surface area (Å²) in [5.74, 6) is -0.286. The number of esters is 1. The SMILES string of the molecule is C=C(C)C(=O)OCCC[Si](CC)(CCC)OCC. The fraction of sp³-hybridized carbons (Fsp3) is 0.786. The lowest BCUT2D eigenvalue weighted by atomic mass is 10.4. The van der Waals surface area contributed by atoms with Crippen molar-refractivity contribution in [3.05, 3.63) is 12.2 Å². The number of ether oxygens (including phenoxy) is 1. The molecule has 0 N–H and O–H groups in total. The topological polar surface area (TPSA) is 35.5 Å². The molecule has 0 aliphatic rings. The van der Waals surface area contributed by atoms with Gasteiger partial charge >= 0.3 is 5.97 Å². The van der Waals surface area contributed by atoms with Gasteiger partial charge < -0.3 is 9.16 Å². The lowest BCUT2D eigenvalue weighted by Crippen LogP contribution is -2.37. The minimum Gasteiger partial charge on any atom is -0.462 e. The van der Waals surface area contributed by atoms with E-state index in [4.69, 9.17) is 9.16 Å². The Morgan fingerprint density at radius 1 is 1.22 bits per heavy atom. The predicted octanol–water partition coefficient (Wildman–Crippen LogP) is 3.91. The average Bonchev–Trinajstić information content (AvgIpc) is 2.34. The zero-order valence-corrected chi connectivity index (χ0v) is 13.4. The molecule has 0 aromatic carbocycles. The van der Waals surface area contributed by atoms with Crippen molar-refractivity contribution in [2.24, 2.45) is 0 Å². The first-order valence-electron chi connectivity index (χ1n) is 6.98. The van der Waals surface area contributed by atoms with E-state index in [1.54, 1.807) is 6.92 Å². The Morgan fingerprint density at radius 3 is 2.33 bits per heavy atom. The quantitative estimate of drug-likeness (QED) is 0.262. The van der Waals surface area contributed by atoms with E-state index < -0.39 is 8.32 Å². The van der Waals surface area contributed by atoms with Gasteiger partial charge in [0.2, 0.25) is 0 Å². The van der Waals surface area contributed by atoms with Crippen LogP contribution in [0.25, 0.3) is 0 Å². The van der Waals surface area contributed by atoms with E-state index >= 15 is 0 Å². The van der Waals surface area contributed by atoms with Crippen LogP contribution in [-0.2, 0) is 14.0 Å². The van der Waals surface area contributed by atoms with Crippen molar-refractivity contribution in [3.8, 4) is 0 Å². The first-order chi connectivity index (χ1) is 8.51. The summed E-state index contributed by atoms with van der Waals surface area (Å²) in [5, 5.41) is 0. The third-order valence-corrected chi connectivity index (χ3v) is 8.02. The van der Waals surface area contributed by atoms with Crippen LogP contribution in [0.3, 0.4) is 0 Å². The minimum atomic E-state index is -1.58. The van der Waals surface area contributed by atoms with E-state index in [0.717, 1.165) is 25.1 Å². The molecule has 0 bridgehead atoms. The maximum atomic E-state index is 11.2. The zero-order valence-electron chi connectivity index (χ0n) is 12.4. The lowest BCUT2D eigenvalue weighted by Gasteiger charge is -2.29. The van der Waals surface area contributed by atoms with Gasteiger partial charge in [0.1, 0.15) is 0 Å². The molecule has 0 radical (unpaired) electrons. The van der Waals surface area contributed by atoms with Gasteiger partial charge in [0.05, 0.1) is 6.61 Å². The Kier molecular flexibility index (Phi) is 9.02. The smallest absolute Gasteiger partial charge is 0.333 e. The normalized spacial score (nSPS) is 14.0. The van der Waals surface area contributed by atoms with E-state index in [-0.39, 0.29) is 5.97 Å². The van der Waals surface area contributed by atoms with Crippen LogP contribution in [0.4, 0.5) is 0 Å². The second-order valence-corrected chi connectivity index (χ2v) is 9.10. The number of hydrogen-bond donors (Lipinski definition) is 0. The molecule has 1 unspecified atom stereocenters. The number of hydrogen-bond acceptors (Lipinski definition) is 3. The highest BCUT2D eigenvalue weighted by atomic mass is 28.4. The summed E-state index contributed by atoms with van der Waals surface area (Å²) in [6.07, 6.45) is 2.07. The van der Waals surface area contributed by atoms with Crippen LogP contribution in [0.2, 0.25) is 18.1 Å². The van der Waals surface area contributed by atoms with Crippen molar-refractivity contribution in [2.45, 2.75) is 58.7 Å². The highest BCUT2D eigenvalue weighted by Gasteiger charge is 2.31. The van der Waals surface area contributed by atoms with Crippen molar-refractivity contribution >= 4 is 14.3 Å². The largest absolute Gasteiger partial charge is 0.462 e. The Bertz CT molecular complexity index is 258. The van der Waals surface area contributed by atoms with Gasteiger partial charge in [0.25, 0.3) is 0 Å². The molecule has 3 nitrogen and oxygen atoms in total. The summed E-state index contributed by atoms with van der Waals surface area (Å²) in [7, 11) is -1.58. The second kappa shape index (κ2) is 9.33. The first kappa shape index (κ1) is 17.4. The summed E-state index contributed by atoms with van der Waals surface area (Å²) in [6, 6.07) is 3.42. The maximum Gasteiger partial charge on any atom is 0.333 e. The van der Waals surface area contributed by atoms with Crippen LogP contribution < -0.4 is 0 Å². The minimum absolute atomic E-state index is 0.286. The molecule has 1 atom stereocenters. The maximum absolute atomic E-state index is 11.2. The van der Waals surface area contributed by atoms with Gasteiger partial charge in [-0.2, -0.15) is 0 Å². The molecule has 0 amide bonds. The Hall–Kier alpha value is -0.613. The Morgan fingerprint density at radius 2 is 1.89 bits per heavy atom. The van der Waals surface area contributed by atoms with E-state index in [9.17, 15) is 4.79 Å². The van der Waals surface area contributed by atoms with Gasteiger partial charge in [-0.1, -0.05) is 26.8 Å². The first-order valence-corrected chi connectivity index (χ1v) is 9.50. The van der Waals surface area contributed by atoms with Gasteiger partial charge in [-0.3, -0.25) is 0 Å². The fourth-order valence-electron chi connectivity index (χ4n) is 2.17. The predicted molar refractivity (Wildman–Crippen MR) is 78.2 cm³/mol. The number of carbonyl (C=O) groups excluding carboxylic acids is 1. The van der Waals surface area contributed by atoms with Crippen LogP contribution in [0, 0.1) is 0 Å². The monoisotopic (exact) mass is 272 g/mol. The second-order valence-electron chi connectivity index (χ2n) is 4.74. The molecule has 0 spiro atoms. The van der Waals surface area contributed by atoms with Gasteiger partial charge in [0, 0.05) is 12.2 Å². The van der Waals surface area contributed by atoms with Gasteiger partial charge in [-0.05, 0) is 38.4 Å². The average molecular weight is 272 g/mol. The molecule has 0 saturated carbocycles. The summed E-state index contributed by atoms with van der Waals surface area (Å²) in [4.78, 5) is 11.2. The van der Waals surface area contributed by atoms with Crippen LogP contribution >= 0.6 is 0 Å². The zero-order chi connectivity index (χ0) is 14.0. The molecule has 0 saturated heterocycles. The summed E-state index contributed by atoms with van der Waals surface area (Å²) >= 11 is 0. The summed E-state index contributed by atoms with van der Waals surface area (Å²) in [6.45, 7) is 13.0. The van der Waals surface area contributed by atoms with Crippen LogP contribution in [0.5, 0.6) is 0 Å². The third-order valence-electron chi connectivity index (χ3n) is 3.16. The summed E-state index contributed by atoms with van der Waals surface area (Å²) < 4.78 is 11.2. The van der Waals surface area contributed by atoms with Gasteiger partial charge in [-0.25, -0.2) is 4.79 Å². The fourth-order valence-corrected chi connectivity index (χ4v) is 5.93. The van der Waals surface area contributed by atoms with E-state index in [2.05, 4.69) is 27.4 Å². The van der Waals surface area contributed by atoms with E-state index in [1.807, 2.05) is 0 Å². The molecule has 0 aromatic rings. The Balaban J connectivity index is 4.10. The lowest BCUT2D eigenvalue weighted by molar-refractivity contribution is -0.138. The van der Waals surface area contributed by atoms with E-state index in [1.165, 1.54) is 12.5 Å². The molecule has 4 heteroatoms. The molecule has 0 aliphatic heterocycles. The summed E-state index contributed by atoms with van der Waals surface area (Å²) in [5.41, 5.74) is 0.465. The van der Waals surface area contributed by atoms with Crippen LogP contribution in [-0.4, -0.2) is 27.5 Å². The van der Waals surface area contributed by atoms with Gasteiger partial charge in [-0.15, -0.1) is 0 Å². The molecular weight excluding hydrogens is 244 g/mol. The number of carbonyl (C=O) groups is 1. The number of rotatable bonds is 10. The van der Waals surface area contributed by atoms with Crippen LogP contribution in [0.1, 0.15) is 40.5 Å². The van der Waals surface area contributed by atoms with Crippen molar-refractivity contribution in [3.63, 3.8) is 0 Å². The van der Waals surface area contributed by atoms with Crippen molar-refractivity contribution < 1.29 is 14.0 Å². The molecular formula is C14H28O3Si. The molecule has 0 aromatic heterocycles. The third kappa shape index (κ3) is 6.35. The van der Waals surface area contributed by atoms with Crippen molar-refractivity contribution in [2.75, 3.05) is 13.2 Å². The molecule has 106 valence electrons. The molecule has 0 rings (SSSR count). The molecule has 0 heterocycles. The van der Waals surface area contributed by atoms with Crippen molar-refractivity contribution in [1.82, 2.24) is 0 Å². The Labute approximate surface area is 113 Å². The van der Waals surface area contributed by atoms with Crippen molar-refractivity contribution in [1.29, 1.82) is 0 Å². The highest BCUT2D eigenvalue weighted by Crippen LogP contribution is 2.25. The molecule has 0 aliphatic carbocycles. The highest BCUT2D eigenvalue weighted by molar-refractivity contribution is 6.73. The standard InChI is InChI=1S/C14H28O3Si/c1-6-11-18(8-3,17-7-2)12-9-10-16-14(15)13(4)5/h4,6-12H2,1-3,5H3. The van der Waals surface area contributed by atoms with Gasteiger partial charge in [0.15, 0.2) is 8.32 Å².